The van der Waals surface area contributed by atoms with Gasteiger partial charge < -0.3 is 20.5 Å². The lowest BCUT2D eigenvalue weighted by molar-refractivity contribution is -0.141. The molecule has 1 aromatic carbocycles. The van der Waals surface area contributed by atoms with Crippen LogP contribution in [0.15, 0.2) is 54.2 Å². The van der Waals surface area contributed by atoms with Crippen LogP contribution in [0.25, 0.3) is 0 Å². The van der Waals surface area contributed by atoms with Crippen LogP contribution in [0, 0.1) is 6.92 Å². The van der Waals surface area contributed by atoms with Crippen LogP contribution in [0.3, 0.4) is 0 Å². The summed E-state index contributed by atoms with van der Waals surface area (Å²) in [5.41, 5.74) is 2.53. The van der Waals surface area contributed by atoms with E-state index in [0.717, 1.165) is 11.8 Å². The summed E-state index contributed by atoms with van der Waals surface area (Å²) in [7, 11) is 0. The Morgan fingerprint density at radius 1 is 1.23 bits per heavy atom. The minimum Gasteiger partial charge on any atom is -0.480 e. The first-order valence-corrected chi connectivity index (χ1v) is 9.83. The number of amides is 2. The lowest BCUT2D eigenvalue weighted by atomic mass is 9.83. The molecule has 2 atom stereocenters. The normalized spacial score (nSPS) is 21.4. The van der Waals surface area contributed by atoms with Crippen molar-refractivity contribution in [2.24, 2.45) is 0 Å². The third-order valence-electron chi connectivity index (χ3n) is 5.12. The average Bonchev–Trinajstić information content (AvgIpc) is 3.05. The van der Waals surface area contributed by atoms with E-state index in [4.69, 9.17) is 4.74 Å². The van der Waals surface area contributed by atoms with E-state index >= 15 is 0 Å². The Morgan fingerprint density at radius 3 is 2.77 bits per heavy atom. The van der Waals surface area contributed by atoms with Crippen molar-refractivity contribution in [3.05, 3.63) is 65.9 Å². The van der Waals surface area contributed by atoms with E-state index in [1.165, 1.54) is 18.7 Å². The summed E-state index contributed by atoms with van der Waals surface area (Å²) in [6.07, 6.45) is 6.04. The van der Waals surface area contributed by atoms with E-state index in [1.807, 2.05) is 6.92 Å². The molecule has 0 fully saturated rings. The summed E-state index contributed by atoms with van der Waals surface area (Å²) in [5, 5.41) is 16.4. The Morgan fingerprint density at radius 2 is 2.03 bits per heavy atom. The van der Waals surface area contributed by atoms with Crippen LogP contribution < -0.4 is 15.4 Å². The van der Waals surface area contributed by atoms with Gasteiger partial charge in [-0.1, -0.05) is 17.8 Å². The lowest BCUT2D eigenvalue weighted by Crippen LogP contribution is -2.48. The van der Waals surface area contributed by atoms with E-state index in [-0.39, 0.29) is 0 Å². The van der Waals surface area contributed by atoms with Gasteiger partial charge in [0.25, 0.3) is 0 Å². The van der Waals surface area contributed by atoms with Crippen LogP contribution in [0.4, 0.5) is 10.5 Å². The maximum atomic E-state index is 12.7. The van der Waals surface area contributed by atoms with E-state index in [9.17, 15) is 14.7 Å². The molecule has 0 aliphatic carbocycles. The van der Waals surface area contributed by atoms with Gasteiger partial charge in [0.05, 0.1) is 24.1 Å². The number of urea groups is 1. The fourth-order valence-electron chi connectivity index (χ4n) is 3.88. The minimum absolute atomic E-state index is 0.445. The van der Waals surface area contributed by atoms with Crippen LogP contribution in [0.5, 0.6) is 11.5 Å². The molecule has 2 aromatic heterocycles. The van der Waals surface area contributed by atoms with E-state index in [2.05, 4.69) is 25.6 Å². The van der Waals surface area contributed by atoms with Crippen LogP contribution in [0.2, 0.25) is 0 Å². The van der Waals surface area contributed by atoms with Crippen LogP contribution in [-0.4, -0.2) is 32.1 Å². The number of aryl methyl sites for hydroxylation is 1. The van der Waals surface area contributed by atoms with E-state index in [0.29, 0.717) is 38.9 Å². The third kappa shape index (κ3) is 2.68. The van der Waals surface area contributed by atoms with Gasteiger partial charge in [-0.25, -0.2) is 19.7 Å². The quantitative estimate of drug-likeness (QED) is 0.586. The van der Waals surface area contributed by atoms with Crippen molar-refractivity contribution in [3.8, 4) is 11.5 Å². The highest BCUT2D eigenvalue weighted by Gasteiger charge is 2.58. The zero-order valence-corrected chi connectivity index (χ0v) is 16.4. The predicted molar refractivity (Wildman–Crippen MR) is 108 cm³/mol. The van der Waals surface area contributed by atoms with Crippen LogP contribution in [-0.2, 0) is 9.54 Å². The first-order chi connectivity index (χ1) is 14.5. The zero-order valence-electron chi connectivity index (χ0n) is 15.6. The number of carbonyl (C=O) groups is 2. The Balaban J connectivity index is 1.60. The van der Waals surface area contributed by atoms with Crippen molar-refractivity contribution >= 4 is 29.4 Å². The first kappa shape index (κ1) is 18.4. The molecule has 0 bridgehead atoms. The summed E-state index contributed by atoms with van der Waals surface area (Å²) >= 11 is 1.13. The number of nitrogens with zero attached hydrogens (tertiary/aromatic N) is 3. The molecule has 2 aliphatic rings. The number of carboxylic acid groups (broad SMARTS) is 1. The molecule has 3 N–H and O–H groups in total. The van der Waals surface area contributed by atoms with Gasteiger partial charge in [-0.3, -0.25) is 4.79 Å². The molecule has 9 nitrogen and oxygen atoms in total. The molecule has 4 heterocycles. The Bertz CT molecular complexity index is 1190. The highest BCUT2D eigenvalue weighted by atomic mass is 32.2. The van der Waals surface area contributed by atoms with Gasteiger partial charge in [-0.05, 0) is 36.2 Å². The molecule has 30 heavy (non-hydrogen) atoms. The summed E-state index contributed by atoms with van der Waals surface area (Å²) in [4.78, 5) is 37.1. The monoisotopic (exact) mass is 421 g/mol. The van der Waals surface area contributed by atoms with Crippen LogP contribution in [0.1, 0.15) is 22.7 Å². The maximum Gasteiger partial charge on any atom is 0.327 e. The molecule has 150 valence electrons. The van der Waals surface area contributed by atoms with Gasteiger partial charge >= 0.3 is 12.0 Å². The summed E-state index contributed by atoms with van der Waals surface area (Å²) in [5.74, 6) is -0.0585. The van der Waals surface area contributed by atoms with Gasteiger partial charge in [0.1, 0.15) is 17.1 Å². The Kier molecular flexibility index (Phi) is 4.10. The number of rotatable bonds is 4. The van der Waals surface area contributed by atoms with Gasteiger partial charge in [-0.2, -0.15) is 0 Å². The number of thioether (sulfide) groups is 1. The number of nitrogens with one attached hydrogen (secondary N) is 2. The second-order valence-electron chi connectivity index (χ2n) is 6.90. The van der Waals surface area contributed by atoms with Crippen molar-refractivity contribution in [3.63, 3.8) is 0 Å². The van der Waals surface area contributed by atoms with Gasteiger partial charge in [0.2, 0.25) is 0 Å². The second-order valence-corrected chi connectivity index (χ2v) is 8.14. The minimum atomic E-state index is -1.46. The number of hydrogen-bond acceptors (Lipinski definition) is 7. The Labute approximate surface area is 174 Å². The highest BCUT2D eigenvalue weighted by molar-refractivity contribution is 8.01. The fraction of sp³-hybridized carbons (Fsp3) is 0.150. The molecule has 10 heteroatoms. The molecule has 2 aliphatic heterocycles. The number of ether oxygens (including phenoxy) is 1. The molecule has 2 amide bonds. The van der Waals surface area contributed by atoms with Crippen molar-refractivity contribution in [1.29, 1.82) is 0 Å². The summed E-state index contributed by atoms with van der Waals surface area (Å²) in [6, 6.07) is 5.64. The number of benzene rings is 1. The lowest BCUT2D eigenvalue weighted by Gasteiger charge is -2.35. The second kappa shape index (κ2) is 6.70. The maximum absolute atomic E-state index is 12.7. The Hall–Kier alpha value is -3.66. The zero-order chi connectivity index (χ0) is 20.9. The van der Waals surface area contributed by atoms with Gasteiger partial charge in [0, 0.05) is 11.8 Å². The van der Waals surface area contributed by atoms with Crippen molar-refractivity contribution in [2.45, 2.75) is 22.7 Å². The van der Waals surface area contributed by atoms with E-state index in [1.54, 1.807) is 30.5 Å². The van der Waals surface area contributed by atoms with Crippen LogP contribution >= 0.6 is 11.8 Å². The molecule has 0 saturated carbocycles. The standard InChI is InChI=1S/C20H15N5O4S/c1-10-6-11(29-12-7-21-9-22-8-12)2-3-13(10)20(18(26)27)16-15-14(24-19(28)25-16)4-5-23-17(15)30-20/h2-9,16H,1H3,(H,26,27)(H2,24,25,28). The SMILES string of the molecule is Cc1cc(Oc2cncnc2)ccc1C1(C(=O)O)Sc2nccc3c2C1NC(=O)N3. The molecular formula is C20H15N5O4S. The number of aromatic nitrogens is 3. The predicted octanol–water partition coefficient (Wildman–Crippen LogP) is 3.23. The van der Waals surface area contributed by atoms with Crippen molar-refractivity contribution < 1.29 is 19.4 Å². The highest BCUT2D eigenvalue weighted by Crippen LogP contribution is 2.60. The molecule has 5 rings (SSSR count). The topological polar surface area (TPSA) is 126 Å². The summed E-state index contributed by atoms with van der Waals surface area (Å²) in [6.45, 7) is 1.81. The van der Waals surface area contributed by atoms with Gasteiger partial charge in [-0.15, -0.1) is 0 Å². The van der Waals surface area contributed by atoms with E-state index < -0.39 is 22.8 Å². The van der Waals surface area contributed by atoms with Gasteiger partial charge in [0.15, 0.2) is 10.5 Å². The summed E-state index contributed by atoms with van der Waals surface area (Å²) < 4.78 is 4.30. The number of carboxylic acids is 1. The molecule has 0 spiro atoms. The fourth-order valence-corrected chi connectivity index (χ4v) is 5.36. The number of carbonyl (C=O) groups excluding carboxylic acids is 1. The number of aliphatic carboxylic acids is 1. The number of hydrogen-bond donors (Lipinski definition) is 3. The average molecular weight is 421 g/mol. The number of pyridine rings is 1. The molecule has 2 unspecified atom stereocenters. The number of anilines is 1. The molecule has 3 aromatic rings. The molecular weight excluding hydrogens is 406 g/mol. The largest absolute Gasteiger partial charge is 0.480 e. The molecule has 0 radical (unpaired) electrons. The molecule has 0 saturated heterocycles. The van der Waals surface area contributed by atoms with Crippen molar-refractivity contribution in [1.82, 2.24) is 20.3 Å². The van der Waals surface area contributed by atoms with Crippen molar-refractivity contribution in [2.75, 3.05) is 5.32 Å². The third-order valence-corrected chi connectivity index (χ3v) is 6.59. The first-order valence-electron chi connectivity index (χ1n) is 9.02. The smallest absolute Gasteiger partial charge is 0.327 e.